The van der Waals surface area contributed by atoms with Crippen molar-refractivity contribution >= 4 is 56.2 Å². The highest BCUT2D eigenvalue weighted by Gasteiger charge is 2.17. The molecule has 210 valence electrons. The number of sulfonamides is 1. The summed E-state index contributed by atoms with van der Waals surface area (Å²) in [5, 5.41) is 6.00. The fourth-order valence-electron chi connectivity index (χ4n) is 4.12. The molecular weight excluding hydrogens is 574 g/mol. The molecule has 0 aliphatic rings. The lowest BCUT2D eigenvalue weighted by Crippen LogP contribution is -2.18. The van der Waals surface area contributed by atoms with Crippen molar-refractivity contribution < 1.29 is 22.7 Å². The van der Waals surface area contributed by atoms with Gasteiger partial charge in [0.1, 0.15) is 5.75 Å². The summed E-state index contributed by atoms with van der Waals surface area (Å²) >= 11 is 6.16. The van der Waals surface area contributed by atoms with Crippen LogP contribution >= 0.6 is 11.6 Å². The maximum absolute atomic E-state index is 12.8. The van der Waals surface area contributed by atoms with Crippen molar-refractivity contribution in [3.8, 4) is 5.75 Å². The largest absolute Gasteiger partial charge is 0.422 e. The highest BCUT2D eigenvalue weighted by atomic mass is 35.5. The van der Waals surface area contributed by atoms with Crippen molar-refractivity contribution in [2.45, 2.75) is 11.8 Å². The molecule has 42 heavy (non-hydrogen) atoms. The molecule has 0 saturated carbocycles. The topological polar surface area (TPSA) is 114 Å². The van der Waals surface area contributed by atoms with Gasteiger partial charge in [0, 0.05) is 16.8 Å². The van der Waals surface area contributed by atoms with E-state index in [4.69, 9.17) is 16.3 Å². The van der Waals surface area contributed by atoms with Crippen molar-refractivity contribution in [2.75, 3.05) is 4.72 Å². The minimum atomic E-state index is -3.78. The van der Waals surface area contributed by atoms with Gasteiger partial charge in [-0.25, -0.2) is 18.6 Å². The van der Waals surface area contributed by atoms with Crippen LogP contribution < -0.4 is 14.9 Å². The number of hydrazone groups is 1. The lowest BCUT2D eigenvalue weighted by atomic mass is 10.0. The molecule has 0 saturated heterocycles. The van der Waals surface area contributed by atoms with Gasteiger partial charge < -0.3 is 4.74 Å². The number of hydrogen-bond donors (Lipinski definition) is 2. The number of halogens is 1. The molecule has 0 aromatic heterocycles. The van der Waals surface area contributed by atoms with E-state index in [0.717, 1.165) is 16.3 Å². The summed E-state index contributed by atoms with van der Waals surface area (Å²) in [6.45, 7) is 1.87. The van der Waals surface area contributed by atoms with Gasteiger partial charge in [-0.3, -0.25) is 9.52 Å². The molecule has 0 heterocycles. The quantitative estimate of drug-likeness (QED) is 0.0907. The zero-order chi connectivity index (χ0) is 29.7. The predicted octanol–water partition coefficient (Wildman–Crippen LogP) is 6.59. The standard InChI is InChI=1S/C32H24ClN3O5S/c1-21-10-17-25(18-11-21)42(39,40)36-24-15-12-23(13-16-24)31(37)35-34-20-28-26-7-3-2-6-22(26)14-19-30(28)41-32(38)27-8-4-5-9-29(27)33/h2-20,36H,1H3,(H,35,37)/b34-20+. The summed E-state index contributed by atoms with van der Waals surface area (Å²) in [6, 6.07) is 29.9. The van der Waals surface area contributed by atoms with Crippen molar-refractivity contribution in [2.24, 2.45) is 5.10 Å². The van der Waals surface area contributed by atoms with Gasteiger partial charge in [0.05, 0.1) is 21.7 Å². The van der Waals surface area contributed by atoms with Crippen LogP contribution in [0.15, 0.2) is 119 Å². The number of nitrogens with one attached hydrogen (secondary N) is 2. The normalized spacial score (nSPS) is 11.4. The van der Waals surface area contributed by atoms with Crippen LogP contribution in [0.2, 0.25) is 5.02 Å². The number of hydrogen-bond acceptors (Lipinski definition) is 6. The van der Waals surface area contributed by atoms with Gasteiger partial charge in [-0.15, -0.1) is 0 Å². The van der Waals surface area contributed by atoms with Crippen LogP contribution in [0.25, 0.3) is 10.8 Å². The summed E-state index contributed by atoms with van der Waals surface area (Å²) in [4.78, 5) is 25.7. The molecule has 0 atom stereocenters. The fraction of sp³-hybridized carbons (Fsp3) is 0.0312. The van der Waals surface area contributed by atoms with E-state index >= 15 is 0 Å². The lowest BCUT2D eigenvalue weighted by Gasteiger charge is -2.11. The van der Waals surface area contributed by atoms with Gasteiger partial charge in [0.2, 0.25) is 0 Å². The highest BCUT2D eigenvalue weighted by molar-refractivity contribution is 7.92. The number of rotatable bonds is 8. The summed E-state index contributed by atoms with van der Waals surface area (Å²) < 4.78 is 33.5. The molecule has 0 spiro atoms. The molecule has 0 aliphatic heterocycles. The van der Waals surface area contributed by atoms with Crippen LogP contribution in [0, 0.1) is 6.92 Å². The third-order valence-corrected chi connectivity index (χ3v) is 8.04. The van der Waals surface area contributed by atoms with Gasteiger partial charge in [0.15, 0.2) is 0 Å². The number of carbonyl (C=O) groups excluding carboxylic acids is 2. The first-order valence-corrected chi connectivity index (χ1v) is 14.6. The average molecular weight is 598 g/mol. The Kier molecular flexibility index (Phi) is 8.33. The maximum atomic E-state index is 12.8. The fourth-order valence-corrected chi connectivity index (χ4v) is 5.39. The lowest BCUT2D eigenvalue weighted by molar-refractivity contribution is 0.0734. The number of esters is 1. The number of aryl methyl sites for hydroxylation is 1. The van der Waals surface area contributed by atoms with Crippen LogP contribution in [0.1, 0.15) is 31.8 Å². The average Bonchev–Trinajstić information content (AvgIpc) is 2.98. The molecule has 0 fully saturated rings. The first-order chi connectivity index (χ1) is 20.2. The molecule has 5 aromatic rings. The summed E-state index contributed by atoms with van der Waals surface area (Å²) in [7, 11) is -3.78. The second-order valence-electron chi connectivity index (χ2n) is 9.26. The van der Waals surface area contributed by atoms with Crippen LogP contribution in [0.3, 0.4) is 0 Å². The molecule has 5 aromatic carbocycles. The Labute approximate surface area is 247 Å². The van der Waals surface area contributed by atoms with Crippen LogP contribution in [0.4, 0.5) is 5.69 Å². The van der Waals surface area contributed by atoms with E-state index in [1.807, 2.05) is 37.3 Å². The first-order valence-electron chi connectivity index (χ1n) is 12.7. The Balaban J connectivity index is 1.31. The second-order valence-corrected chi connectivity index (χ2v) is 11.4. The molecule has 10 heteroatoms. The number of anilines is 1. The van der Waals surface area contributed by atoms with Crippen LogP contribution in [0.5, 0.6) is 5.75 Å². The molecule has 0 bridgehead atoms. The Bertz CT molecular complexity index is 1920. The molecule has 8 nitrogen and oxygen atoms in total. The molecule has 5 rings (SSSR count). The molecule has 0 unspecified atom stereocenters. The Morgan fingerprint density at radius 3 is 2.26 bits per heavy atom. The van der Waals surface area contributed by atoms with Crippen LogP contribution in [-0.4, -0.2) is 26.5 Å². The van der Waals surface area contributed by atoms with Gasteiger partial charge >= 0.3 is 5.97 Å². The molecule has 0 aliphatic carbocycles. The predicted molar refractivity (Wildman–Crippen MR) is 164 cm³/mol. The minimum absolute atomic E-state index is 0.134. The zero-order valence-corrected chi connectivity index (χ0v) is 23.8. The Morgan fingerprint density at radius 1 is 0.833 bits per heavy atom. The SMILES string of the molecule is Cc1ccc(S(=O)(=O)Nc2ccc(C(=O)N/N=C/c3c(OC(=O)c4ccccc4Cl)ccc4ccccc34)cc2)cc1. The molecule has 0 radical (unpaired) electrons. The summed E-state index contributed by atoms with van der Waals surface area (Å²) in [5.74, 6) is -0.913. The van der Waals surface area contributed by atoms with E-state index in [-0.39, 0.29) is 26.8 Å². The second kappa shape index (κ2) is 12.3. The van der Waals surface area contributed by atoms with Crippen molar-refractivity contribution in [3.05, 3.63) is 136 Å². The first kappa shape index (κ1) is 28.5. The number of ether oxygens (including phenoxy) is 1. The Morgan fingerprint density at radius 2 is 1.52 bits per heavy atom. The summed E-state index contributed by atoms with van der Waals surface area (Å²) in [6.07, 6.45) is 1.40. The van der Waals surface area contributed by atoms with Gasteiger partial charge in [-0.1, -0.05) is 71.8 Å². The smallest absolute Gasteiger partial charge is 0.345 e. The molecular formula is C32H24ClN3O5S. The van der Waals surface area contributed by atoms with Gasteiger partial charge in [-0.05, 0) is 72.3 Å². The van der Waals surface area contributed by atoms with Crippen molar-refractivity contribution in [1.29, 1.82) is 0 Å². The third kappa shape index (κ3) is 6.49. The number of amides is 1. The van der Waals surface area contributed by atoms with E-state index in [0.29, 0.717) is 11.3 Å². The molecule has 1 amide bonds. The van der Waals surface area contributed by atoms with Crippen LogP contribution in [-0.2, 0) is 10.0 Å². The minimum Gasteiger partial charge on any atom is -0.422 e. The Hall–Kier alpha value is -4.99. The number of benzene rings is 5. The third-order valence-electron chi connectivity index (χ3n) is 6.32. The van der Waals surface area contributed by atoms with Gasteiger partial charge in [0.25, 0.3) is 15.9 Å². The van der Waals surface area contributed by atoms with E-state index in [2.05, 4.69) is 15.2 Å². The number of carbonyl (C=O) groups is 2. The van der Waals surface area contributed by atoms with Gasteiger partial charge in [-0.2, -0.15) is 5.10 Å². The maximum Gasteiger partial charge on any atom is 0.345 e. The zero-order valence-electron chi connectivity index (χ0n) is 22.2. The van der Waals surface area contributed by atoms with E-state index < -0.39 is 21.9 Å². The van der Waals surface area contributed by atoms with E-state index in [1.54, 1.807) is 42.5 Å². The van der Waals surface area contributed by atoms with E-state index in [1.165, 1.54) is 42.6 Å². The molecule has 2 N–H and O–H groups in total. The monoisotopic (exact) mass is 597 g/mol. The number of nitrogens with zero attached hydrogens (tertiary/aromatic N) is 1. The number of fused-ring (bicyclic) bond motifs is 1. The van der Waals surface area contributed by atoms with E-state index in [9.17, 15) is 18.0 Å². The summed E-state index contributed by atoms with van der Waals surface area (Å²) in [5.41, 5.74) is 4.67. The van der Waals surface area contributed by atoms with Crippen molar-refractivity contribution in [3.63, 3.8) is 0 Å². The highest BCUT2D eigenvalue weighted by Crippen LogP contribution is 2.28. The van der Waals surface area contributed by atoms with Crippen molar-refractivity contribution in [1.82, 2.24) is 5.43 Å².